The normalized spacial score (nSPS) is 27.3. The third-order valence-corrected chi connectivity index (χ3v) is 4.80. The van der Waals surface area contributed by atoms with Crippen LogP contribution in [0.25, 0.3) is 11.2 Å². The van der Waals surface area contributed by atoms with Gasteiger partial charge in [0.25, 0.3) is 0 Å². The molecule has 12 heteroatoms. The Bertz CT molecular complexity index is 829. The minimum atomic E-state index is -1.19. The summed E-state index contributed by atoms with van der Waals surface area (Å²) in [7, 11) is 0. The number of carbonyl (C=O) groups is 1. The molecule has 26 heavy (non-hydrogen) atoms. The Morgan fingerprint density at radius 1 is 1.38 bits per heavy atom. The van der Waals surface area contributed by atoms with Crippen molar-refractivity contribution in [2.75, 3.05) is 11.5 Å². The largest absolute Gasteiger partial charge is 0.480 e. The molecule has 2 aromatic rings. The van der Waals surface area contributed by atoms with Crippen molar-refractivity contribution in [1.82, 2.24) is 19.5 Å². The van der Waals surface area contributed by atoms with Gasteiger partial charge in [-0.25, -0.2) is 15.0 Å². The van der Waals surface area contributed by atoms with E-state index >= 15 is 0 Å². The SMILES string of the molecule is Nc1ncnc2c1ncn2[C@@H]1O[C@H](CS/C=C/[C@H](N)C(=O)O)[C@@H](O)[C@H]1O. The number of rotatable bonds is 6. The molecule has 1 aliphatic rings. The number of ether oxygens (including phenoxy) is 1. The van der Waals surface area contributed by atoms with Crippen molar-refractivity contribution in [3.05, 3.63) is 24.1 Å². The minimum Gasteiger partial charge on any atom is -0.480 e. The lowest BCUT2D eigenvalue weighted by molar-refractivity contribution is -0.137. The van der Waals surface area contributed by atoms with Crippen LogP contribution in [0.5, 0.6) is 0 Å². The van der Waals surface area contributed by atoms with Gasteiger partial charge in [0.2, 0.25) is 0 Å². The van der Waals surface area contributed by atoms with Crippen LogP contribution in [-0.4, -0.2) is 70.9 Å². The number of carboxylic acids is 1. The van der Waals surface area contributed by atoms with Gasteiger partial charge < -0.3 is 31.5 Å². The summed E-state index contributed by atoms with van der Waals surface area (Å²) in [5.41, 5.74) is 11.9. The average Bonchev–Trinajstić information content (AvgIpc) is 3.15. The molecule has 1 fully saturated rings. The molecule has 0 aromatic carbocycles. The maximum atomic E-state index is 10.6. The van der Waals surface area contributed by atoms with Crippen LogP contribution in [0.2, 0.25) is 0 Å². The third-order valence-electron chi connectivity index (χ3n) is 3.93. The lowest BCUT2D eigenvalue weighted by Gasteiger charge is -2.16. The van der Waals surface area contributed by atoms with Crippen LogP contribution < -0.4 is 11.5 Å². The Labute approximate surface area is 151 Å². The average molecular weight is 382 g/mol. The molecular weight excluding hydrogens is 364 g/mol. The van der Waals surface area contributed by atoms with Crippen LogP contribution >= 0.6 is 11.8 Å². The highest BCUT2D eigenvalue weighted by Crippen LogP contribution is 2.33. The monoisotopic (exact) mass is 382 g/mol. The van der Waals surface area contributed by atoms with E-state index in [0.29, 0.717) is 16.9 Å². The van der Waals surface area contributed by atoms with E-state index in [1.807, 2.05) is 0 Å². The zero-order chi connectivity index (χ0) is 18.8. The number of nitrogens with zero attached hydrogens (tertiary/aromatic N) is 4. The summed E-state index contributed by atoms with van der Waals surface area (Å²) in [5, 5.41) is 30.8. The summed E-state index contributed by atoms with van der Waals surface area (Å²) in [6.07, 6.45) is 0.119. The number of carboxylic acid groups (broad SMARTS) is 1. The van der Waals surface area contributed by atoms with E-state index in [1.54, 1.807) is 0 Å². The van der Waals surface area contributed by atoms with Gasteiger partial charge in [-0.15, -0.1) is 11.8 Å². The highest BCUT2D eigenvalue weighted by Gasteiger charge is 2.44. The van der Waals surface area contributed by atoms with Crippen molar-refractivity contribution in [1.29, 1.82) is 0 Å². The first-order valence-corrected chi connectivity index (χ1v) is 8.66. The molecule has 3 rings (SSSR count). The second-order valence-corrected chi connectivity index (χ2v) is 6.59. The summed E-state index contributed by atoms with van der Waals surface area (Å²) >= 11 is 1.22. The van der Waals surface area contributed by atoms with Crippen LogP contribution in [0, 0.1) is 0 Å². The van der Waals surface area contributed by atoms with Crippen molar-refractivity contribution in [2.24, 2.45) is 5.73 Å². The fourth-order valence-electron chi connectivity index (χ4n) is 2.53. The number of aliphatic hydroxyl groups is 2. The molecular formula is C14H18N6O5S. The molecule has 1 aliphatic heterocycles. The first kappa shape index (κ1) is 18.5. The van der Waals surface area contributed by atoms with Crippen LogP contribution in [0.15, 0.2) is 24.1 Å². The molecule has 0 saturated carbocycles. The van der Waals surface area contributed by atoms with E-state index < -0.39 is 36.6 Å². The molecule has 0 unspecified atom stereocenters. The van der Waals surface area contributed by atoms with Gasteiger partial charge in [0, 0.05) is 5.75 Å². The Balaban J connectivity index is 1.69. The molecule has 0 spiro atoms. The molecule has 140 valence electrons. The predicted octanol–water partition coefficient (Wildman–Crippen LogP) is -1.31. The second kappa shape index (κ2) is 7.55. The maximum Gasteiger partial charge on any atom is 0.324 e. The summed E-state index contributed by atoms with van der Waals surface area (Å²) < 4.78 is 7.24. The fourth-order valence-corrected chi connectivity index (χ4v) is 3.38. The lowest BCUT2D eigenvalue weighted by atomic mass is 10.1. The fraction of sp³-hybridized carbons (Fsp3) is 0.429. The Morgan fingerprint density at radius 2 is 2.15 bits per heavy atom. The van der Waals surface area contributed by atoms with Crippen molar-refractivity contribution < 1.29 is 24.9 Å². The van der Waals surface area contributed by atoms with E-state index in [9.17, 15) is 15.0 Å². The van der Waals surface area contributed by atoms with Gasteiger partial charge in [-0.2, -0.15) is 0 Å². The first-order chi connectivity index (χ1) is 12.4. The summed E-state index contributed by atoms with van der Waals surface area (Å²) in [5.74, 6) is -0.641. The number of imidazole rings is 1. The standard InChI is InChI=1S/C14H18N6O5S/c15-6(14(23)24)1-2-26-3-7-9(21)10(22)13(25-7)20-5-19-8-11(16)17-4-18-12(8)20/h1-2,4-7,9-10,13,21-22H,3,15H2,(H,23,24)(H2,16,17,18)/b2-1+/t6-,7+,9+,10+,13+/m0/s1. The van der Waals surface area contributed by atoms with Gasteiger partial charge in [-0.1, -0.05) is 6.08 Å². The van der Waals surface area contributed by atoms with E-state index in [1.165, 1.54) is 40.5 Å². The summed E-state index contributed by atoms with van der Waals surface area (Å²) in [6.45, 7) is 0. The highest BCUT2D eigenvalue weighted by molar-refractivity contribution is 8.02. The van der Waals surface area contributed by atoms with Crippen LogP contribution in [-0.2, 0) is 9.53 Å². The first-order valence-electron chi connectivity index (χ1n) is 7.61. The van der Waals surface area contributed by atoms with Gasteiger partial charge in [0.1, 0.15) is 30.1 Å². The van der Waals surface area contributed by atoms with Crippen molar-refractivity contribution in [2.45, 2.75) is 30.6 Å². The van der Waals surface area contributed by atoms with Crippen LogP contribution in [0.1, 0.15) is 6.23 Å². The molecule has 3 heterocycles. The van der Waals surface area contributed by atoms with E-state index in [-0.39, 0.29) is 5.82 Å². The number of aliphatic hydroxyl groups excluding tert-OH is 2. The van der Waals surface area contributed by atoms with Crippen LogP contribution in [0.4, 0.5) is 5.82 Å². The minimum absolute atomic E-state index is 0.203. The van der Waals surface area contributed by atoms with E-state index in [2.05, 4.69) is 15.0 Å². The molecule has 7 N–H and O–H groups in total. The summed E-state index contributed by atoms with van der Waals surface area (Å²) in [4.78, 5) is 22.7. The van der Waals surface area contributed by atoms with Crippen molar-refractivity contribution in [3.8, 4) is 0 Å². The Kier molecular flexibility index (Phi) is 5.38. The van der Waals surface area contributed by atoms with Crippen LogP contribution in [0.3, 0.4) is 0 Å². The molecule has 0 bridgehead atoms. The highest BCUT2D eigenvalue weighted by atomic mass is 32.2. The smallest absolute Gasteiger partial charge is 0.324 e. The number of anilines is 1. The number of hydrogen-bond acceptors (Lipinski definition) is 10. The van der Waals surface area contributed by atoms with E-state index in [0.717, 1.165) is 0 Å². The van der Waals surface area contributed by atoms with Gasteiger partial charge in [0.05, 0.1) is 12.4 Å². The topological polar surface area (TPSA) is 183 Å². The zero-order valence-corrected chi connectivity index (χ0v) is 14.2. The van der Waals surface area contributed by atoms with Gasteiger partial charge in [0.15, 0.2) is 17.7 Å². The lowest BCUT2D eigenvalue weighted by Crippen LogP contribution is -2.32. The third kappa shape index (κ3) is 3.50. The number of nitrogen functional groups attached to an aromatic ring is 1. The number of aliphatic carboxylic acids is 1. The van der Waals surface area contributed by atoms with Gasteiger partial charge >= 0.3 is 5.97 Å². The van der Waals surface area contributed by atoms with Gasteiger partial charge in [-0.05, 0) is 5.41 Å². The molecule has 0 amide bonds. The molecule has 11 nitrogen and oxygen atoms in total. The number of aromatic nitrogens is 4. The van der Waals surface area contributed by atoms with Crippen molar-refractivity contribution in [3.63, 3.8) is 0 Å². The predicted molar refractivity (Wildman–Crippen MR) is 92.9 cm³/mol. The quantitative estimate of drug-likeness (QED) is 0.399. The number of thioether (sulfide) groups is 1. The summed E-state index contributed by atoms with van der Waals surface area (Å²) in [6, 6.07) is -1.10. The molecule has 0 aliphatic carbocycles. The van der Waals surface area contributed by atoms with Gasteiger partial charge in [-0.3, -0.25) is 9.36 Å². The number of fused-ring (bicyclic) bond motifs is 1. The molecule has 2 aromatic heterocycles. The Hall–Kier alpha value is -2.25. The zero-order valence-electron chi connectivity index (χ0n) is 13.4. The maximum absolute atomic E-state index is 10.6. The number of hydrogen-bond donors (Lipinski definition) is 5. The van der Waals surface area contributed by atoms with E-state index in [4.69, 9.17) is 21.3 Å². The Morgan fingerprint density at radius 3 is 2.88 bits per heavy atom. The molecule has 0 radical (unpaired) electrons. The molecule has 5 atom stereocenters. The number of nitrogens with two attached hydrogens (primary N) is 2. The molecule has 1 saturated heterocycles. The van der Waals surface area contributed by atoms with Crippen molar-refractivity contribution >= 4 is 34.7 Å². The second-order valence-electron chi connectivity index (χ2n) is 5.66.